The predicted octanol–water partition coefficient (Wildman–Crippen LogP) is 4.32. The van der Waals surface area contributed by atoms with Gasteiger partial charge in [-0.25, -0.2) is 14.8 Å². The number of carbonyl (C=O) groups is 1. The lowest BCUT2D eigenvalue weighted by molar-refractivity contribution is 0.0697. The topological polar surface area (TPSA) is 93.6 Å². The maximum Gasteiger partial charge on any atom is 0.335 e. The molecule has 2 aromatic carbocycles. The lowest BCUT2D eigenvalue weighted by Crippen LogP contribution is -2.14. The molecule has 0 bridgehead atoms. The summed E-state index contributed by atoms with van der Waals surface area (Å²) in [4.78, 5) is 19.6. The van der Waals surface area contributed by atoms with Crippen molar-refractivity contribution < 1.29 is 19.4 Å². The minimum atomic E-state index is -0.974. The first-order valence-electron chi connectivity index (χ1n) is 9.92. The zero-order valence-corrected chi connectivity index (χ0v) is 16.6. The number of nitrogens with one attached hydrogen (secondary N) is 1. The normalized spacial score (nSPS) is 14.0. The number of nitrogens with zero attached hydrogens (tertiary/aromatic N) is 2. The fourth-order valence-electron chi connectivity index (χ4n) is 3.16. The average molecular weight is 405 g/mol. The lowest BCUT2D eigenvalue weighted by atomic mass is 10.00. The van der Waals surface area contributed by atoms with Crippen LogP contribution in [-0.4, -0.2) is 33.8 Å². The molecule has 1 heterocycles. The quantitative estimate of drug-likeness (QED) is 0.548. The molecule has 0 amide bonds. The number of ether oxygens (including phenoxy) is 2. The molecule has 1 aromatic heterocycles. The highest BCUT2D eigenvalue weighted by Crippen LogP contribution is 2.37. The summed E-state index contributed by atoms with van der Waals surface area (Å²) in [5.74, 6) is 0.447. The van der Waals surface area contributed by atoms with Gasteiger partial charge in [0.1, 0.15) is 6.33 Å². The van der Waals surface area contributed by atoms with E-state index in [1.165, 1.54) is 6.33 Å². The monoisotopic (exact) mass is 405 g/mol. The molecule has 1 unspecified atom stereocenters. The maximum absolute atomic E-state index is 11.3. The minimum absolute atomic E-state index is 0.214. The van der Waals surface area contributed by atoms with Crippen molar-refractivity contribution in [2.45, 2.75) is 31.9 Å². The molecule has 2 N–H and O–H groups in total. The molecule has 1 saturated carbocycles. The summed E-state index contributed by atoms with van der Waals surface area (Å²) in [6, 6.07) is 12.3. The van der Waals surface area contributed by atoms with E-state index in [4.69, 9.17) is 9.47 Å². The summed E-state index contributed by atoms with van der Waals surface area (Å²) in [6.45, 7) is 2.46. The molecule has 0 radical (unpaired) electrons. The van der Waals surface area contributed by atoms with E-state index in [-0.39, 0.29) is 17.7 Å². The first-order chi connectivity index (χ1) is 14.6. The van der Waals surface area contributed by atoms with Gasteiger partial charge in [0, 0.05) is 23.6 Å². The van der Waals surface area contributed by atoms with Gasteiger partial charge in [0.25, 0.3) is 0 Å². The molecule has 0 spiro atoms. The third-order valence-electron chi connectivity index (χ3n) is 4.75. The average Bonchev–Trinajstić information content (AvgIpc) is 3.58. The third kappa shape index (κ3) is 4.68. The Balaban J connectivity index is 1.70. The lowest BCUT2D eigenvalue weighted by Gasteiger charge is -2.22. The molecule has 1 atom stereocenters. The molecule has 0 aliphatic heterocycles. The molecule has 4 rings (SSSR count). The Morgan fingerprint density at radius 2 is 1.93 bits per heavy atom. The van der Waals surface area contributed by atoms with E-state index in [0.717, 1.165) is 29.7 Å². The van der Waals surface area contributed by atoms with Gasteiger partial charge < -0.3 is 19.9 Å². The standard InChI is InChI=1S/C23H23N3O4/c1-2-29-21-11-15(6-9-20(21)30-19-7-8-19)22(17-12-24-14-25-13-17)26-18-5-3-4-16(10-18)23(27)28/h3-6,9-14,19,22,26H,2,7-8H2,1H3,(H,27,28). The second-order valence-electron chi connectivity index (χ2n) is 7.09. The molecule has 30 heavy (non-hydrogen) atoms. The molecule has 3 aromatic rings. The highest BCUT2D eigenvalue weighted by Gasteiger charge is 2.26. The Hall–Kier alpha value is -3.61. The minimum Gasteiger partial charge on any atom is -0.490 e. The zero-order chi connectivity index (χ0) is 20.9. The molecule has 0 saturated heterocycles. The van der Waals surface area contributed by atoms with Crippen molar-refractivity contribution >= 4 is 11.7 Å². The number of carboxylic acid groups (broad SMARTS) is 1. The van der Waals surface area contributed by atoms with E-state index >= 15 is 0 Å². The molecule has 7 nitrogen and oxygen atoms in total. The fraction of sp³-hybridized carbons (Fsp3) is 0.261. The van der Waals surface area contributed by atoms with Crippen LogP contribution in [0.15, 0.2) is 61.2 Å². The third-order valence-corrected chi connectivity index (χ3v) is 4.75. The second kappa shape index (κ2) is 8.82. The number of rotatable bonds is 9. The maximum atomic E-state index is 11.3. The number of aromatic carboxylic acids is 1. The smallest absolute Gasteiger partial charge is 0.335 e. The molecule has 1 fully saturated rings. The Morgan fingerprint density at radius 1 is 1.13 bits per heavy atom. The highest BCUT2D eigenvalue weighted by molar-refractivity contribution is 5.88. The second-order valence-corrected chi connectivity index (χ2v) is 7.09. The first-order valence-corrected chi connectivity index (χ1v) is 9.92. The number of anilines is 1. The number of carboxylic acids is 1. The zero-order valence-electron chi connectivity index (χ0n) is 16.6. The molecule has 1 aliphatic rings. The molecule has 154 valence electrons. The van der Waals surface area contributed by atoms with Crippen molar-refractivity contribution in [1.82, 2.24) is 9.97 Å². The van der Waals surface area contributed by atoms with E-state index in [0.29, 0.717) is 18.0 Å². The van der Waals surface area contributed by atoms with Gasteiger partial charge in [0.05, 0.1) is 24.3 Å². The fourth-order valence-corrected chi connectivity index (χ4v) is 3.16. The van der Waals surface area contributed by atoms with Crippen molar-refractivity contribution in [2.24, 2.45) is 0 Å². The number of benzene rings is 2. The van der Waals surface area contributed by atoms with Crippen LogP contribution in [0.4, 0.5) is 5.69 Å². The molecular weight excluding hydrogens is 382 g/mol. The van der Waals surface area contributed by atoms with Gasteiger partial charge in [0.15, 0.2) is 11.5 Å². The van der Waals surface area contributed by atoms with Crippen molar-refractivity contribution in [2.75, 3.05) is 11.9 Å². The van der Waals surface area contributed by atoms with Gasteiger partial charge in [0.2, 0.25) is 0 Å². The van der Waals surface area contributed by atoms with Gasteiger partial charge in [-0.3, -0.25) is 0 Å². The summed E-state index contributed by atoms with van der Waals surface area (Å²) in [5.41, 5.74) is 2.67. The van der Waals surface area contributed by atoms with Gasteiger partial charge in [-0.2, -0.15) is 0 Å². The number of hydrogen-bond donors (Lipinski definition) is 2. The van der Waals surface area contributed by atoms with Crippen LogP contribution in [0.2, 0.25) is 0 Å². The van der Waals surface area contributed by atoms with Crippen LogP contribution in [0.1, 0.15) is 47.3 Å². The van der Waals surface area contributed by atoms with Crippen molar-refractivity contribution in [3.8, 4) is 11.5 Å². The first kappa shape index (κ1) is 19.7. The molecular formula is C23H23N3O4. The Morgan fingerprint density at radius 3 is 2.63 bits per heavy atom. The van der Waals surface area contributed by atoms with Crippen molar-refractivity contribution in [3.05, 3.63) is 77.9 Å². The van der Waals surface area contributed by atoms with E-state index < -0.39 is 5.97 Å². The van der Waals surface area contributed by atoms with Gasteiger partial charge in [-0.05, 0) is 55.7 Å². The Kier molecular flexibility index (Phi) is 5.79. The van der Waals surface area contributed by atoms with Crippen LogP contribution < -0.4 is 14.8 Å². The van der Waals surface area contributed by atoms with Crippen LogP contribution in [0, 0.1) is 0 Å². The summed E-state index contributed by atoms with van der Waals surface area (Å²) < 4.78 is 11.8. The van der Waals surface area contributed by atoms with E-state index in [1.54, 1.807) is 30.6 Å². The van der Waals surface area contributed by atoms with Crippen molar-refractivity contribution in [3.63, 3.8) is 0 Å². The summed E-state index contributed by atoms with van der Waals surface area (Å²) in [6.07, 6.45) is 7.35. The van der Waals surface area contributed by atoms with E-state index in [2.05, 4.69) is 15.3 Å². The summed E-state index contributed by atoms with van der Waals surface area (Å²) in [5, 5.41) is 12.7. The molecule has 1 aliphatic carbocycles. The largest absolute Gasteiger partial charge is 0.490 e. The van der Waals surface area contributed by atoms with Crippen LogP contribution in [0.5, 0.6) is 11.5 Å². The SMILES string of the molecule is CCOc1cc(C(Nc2cccc(C(=O)O)c2)c2cncnc2)ccc1OC1CC1. The van der Waals surface area contributed by atoms with Crippen LogP contribution in [0.25, 0.3) is 0 Å². The van der Waals surface area contributed by atoms with Gasteiger partial charge in [-0.15, -0.1) is 0 Å². The Bertz CT molecular complexity index is 1020. The number of hydrogen-bond acceptors (Lipinski definition) is 6. The van der Waals surface area contributed by atoms with Gasteiger partial charge >= 0.3 is 5.97 Å². The predicted molar refractivity (Wildman–Crippen MR) is 112 cm³/mol. The van der Waals surface area contributed by atoms with E-state index in [9.17, 15) is 9.90 Å². The van der Waals surface area contributed by atoms with Crippen LogP contribution >= 0.6 is 0 Å². The summed E-state index contributed by atoms with van der Waals surface area (Å²) in [7, 11) is 0. The highest BCUT2D eigenvalue weighted by atomic mass is 16.5. The summed E-state index contributed by atoms with van der Waals surface area (Å²) >= 11 is 0. The van der Waals surface area contributed by atoms with Crippen LogP contribution in [0.3, 0.4) is 0 Å². The van der Waals surface area contributed by atoms with Crippen LogP contribution in [-0.2, 0) is 0 Å². The van der Waals surface area contributed by atoms with E-state index in [1.807, 2.05) is 31.2 Å². The van der Waals surface area contributed by atoms with Crippen molar-refractivity contribution in [1.29, 1.82) is 0 Å². The van der Waals surface area contributed by atoms with Gasteiger partial charge in [-0.1, -0.05) is 12.1 Å². The molecule has 7 heteroatoms. The number of aromatic nitrogens is 2. The Labute approximate surface area is 174 Å².